The second kappa shape index (κ2) is 8.28. The number of aldehydes is 1. The standard InChI is InChI=1S/C12H24O/c1-4-5-6-8-11(2)12(3)9-7-10-13/h10-12H,4-9H2,1-3H3/t11-,12+/m0/s1. The van der Waals surface area contributed by atoms with Gasteiger partial charge in [0.15, 0.2) is 0 Å². The van der Waals surface area contributed by atoms with E-state index in [9.17, 15) is 4.79 Å². The zero-order chi connectivity index (χ0) is 10.1. The Morgan fingerprint density at radius 2 is 1.69 bits per heavy atom. The lowest BCUT2D eigenvalue weighted by Crippen LogP contribution is -2.08. The van der Waals surface area contributed by atoms with Gasteiger partial charge in [-0.2, -0.15) is 0 Å². The van der Waals surface area contributed by atoms with Crippen LogP contribution in [0.2, 0.25) is 0 Å². The molecular formula is C12H24O. The van der Waals surface area contributed by atoms with E-state index in [0.717, 1.165) is 25.0 Å². The van der Waals surface area contributed by atoms with Gasteiger partial charge in [-0.25, -0.2) is 0 Å². The van der Waals surface area contributed by atoms with Crippen molar-refractivity contribution in [1.29, 1.82) is 0 Å². The van der Waals surface area contributed by atoms with Gasteiger partial charge in [-0.3, -0.25) is 0 Å². The lowest BCUT2D eigenvalue weighted by atomic mass is 9.88. The van der Waals surface area contributed by atoms with Crippen molar-refractivity contribution in [3.63, 3.8) is 0 Å². The first-order valence-electron chi connectivity index (χ1n) is 5.66. The first kappa shape index (κ1) is 12.7. The van der Waals surface area contributed by atoms with Crippen LogP contribution in [0.4, 0.5) is 0 Å². The predicted molar refractivity (Wildman–Crippen MR) is 57.8 cm³/mol. The van der Waals surface area contributed by atoms with Crippen molar-refractivity contribution in [2.24, 2.45) is 11.8 Å². The van der Waals surface area contributed by atoms with E-state index >= 15 is 0 Å². The molecule has 0 aliphatic rings. The zero-order valence-electron chi connectivity index (χ0n) is 9.38. The van der Waals surface area contributed by atoms with Crippen molar-refractivity contribution in [3.05, 3.63) is 0 Å². The maximum absolute atomic E-state index is 10.2. The number of hydrogen-bond donors (Lipinski definition) is 0. The van der Waals surface area contributed by atoms with Gasteiger partial charge >= 0.3 is 0 Å². The van der Waals surface area contributed by atoms with Crippen molar-refractivity contribution in [3.8, 4) is 0 Å². The first-order valence-corrected chi connectivity index (χ1v) is 5.66. The third kappa shape index (κ3) is 6.80. The quantitative estimate of drug-likeness (QED) is 0.414. The second-order valence-corrected chi connectivity index (χ2v) is 4.19. The maximum Gasteiger partial charge on any atom is 0.120 e. The highest BCUT2D eigenvalue weighted by atomic mass is 16.1. The minimum Gasteiger partial charge on any atom is -0.303 e. The molecule has 13 heavy (non-hydrogen) atoms. The van der Waals surface area contributed by atoms with E-state index in [1.54, 1.807) is 0 Å². The fourth-order valence-corrected chi connectivity index (χ4v) is 1.62. The molecule has 0 aromatic rings. The minimum atomic E-state index is 0.710. The molecule has 78 valence electrons. The predicted octanol–water partition coefficient (Wildman–Crippen LogP) is 3.82. The van der Waals surface area contributed by atoms with Crippen LogP contribution in [0, 0.1) is 11.8 Å². The molecule has 0 saturated heterocycles. The van der Waals surface area contributed by atoms with E-state index in [0.29, 0.717) is 5.92 Å². The van der Waals surface area contributed by atoms with Crippen LogP contribution in [0.3, 0.4) is 0 Å². The second-order valence-electron chi connectivity index (χ2n) is 4.19. The molecule has 2 atom stereocenters. The molecule has 0 unspecified atom stereocenters. The minimum absolute atomic E-state index is 0.710. The summed E-state index contributed by atoms with van der Waals surface area (Å²) in [6.45, 7) is 6.81. The summed E-state index contributed by atoms with van der Waals surface area (Å²) in [6.07, 6.45) is 8.17. The molecule has 0 N–H and O–H groups in total. The smallest absolute Gasteiger partial charge is 0.120 e. The van der Waals surface area contributed by atoms with Gasteiger partial charge in [-0.1, -0.05) is 46.5 Å². The maximum atomic E-state index is 10.2. The van der Waals surface area contributed by atoms with Crippen molar-refractivity contribution in [2.75, 3.05) is 0 Å². The highest BCUT2D eigenvalue weighted by Crippen LogP contribution is 2.21. The third-order valence-electron chi connectivity index (χ3n) is 2.97. The van der Waals surface area contributed by atoms with Crippen LogP contribution < -0.4 is 0 Å². The van der Waals surface area contributed by atoms with E-state index in [2.05, 4.69) is 20.8 Å². The fourth-order valence-electron chi connectivity index (χ4n) is 1.62. The van der Waals surface area contributed by atoms with Gasteiger partial charge in [0.1, 0.15) is 6.29 Å². The number of rotatable bonds is 8. The highest BCUT2D eigenvalue weighted by molar-refractivity contribution is 5.49. The van der Waals surface area contributed by atoms with Crippen LogP contribution in [0.5, 0.6) is 0 Å². The average molecular weight is 184 g/mol. The summed E-state index contributed by atoms with van der Waals surface area (Å²) in [5, 5.41) is 0. The summed E-state index contributed by atoms with van der Waals surface area (Å²) in [5.41, 5.74) is 0. The SMILES string of the molecule is CCCCC[C@H](C)[C@H](C)CCC=O. The Hall–Kier alpha value is -0.330. The number of carbonyl (C=O) groups excluding carboxylic acids is 1. The molecule has 0 heterocycles. The van der Waals surface area contributed by atoms with Gasteiger partial charge in [-0.15, -0.1) is 0 Å². The van der Waals surface area contributed by atoms with Gasteiger partial charge in [0.05, 0.1) is 0 Å². The molecule has 0 aliphatic heterocycles. The van der Waals surface area contributed by atoms with Gasteiger partial charge in [-0.05, 0) is 18.3 Å². The molecule has 0 bridgehead atoms. The van der Waals surface area contributed by atoms with Gasteiger partial charge < -0.3 is 4.79 Å². The van der Waals surface area contributed by atoms with Crippen LogP contribution in [0.1, 0.15) is 59.3 Å². The van der Waals surface area contributed by atoms with E-state index in [-0.39, 0.29) is 0 Å². The van der Waals surface area contributed by atoms with Crippen molar-refractivity contribution in [1.82, 2.24) is 0 Å². The Morgan fingerprint density at radius 1 is 1.08 bits per heavy atom. The lowest BCUT2D eigenvalue weighted by Gasteiger charge is -2.18. The zero-order valence-corrected chi connectivity index (χ0v) is 9.38. The Bertz CT molecular complexity index is 120. The molecule has 1 heteroatoms. The molecule has 0 aliphatic carbocycles. The van der Waals surface area contributed by atoms with Crippen LogP contribution in [-0.4, -0.2) is 6.29 Å². The van der Waals surface area contributed by atoms with Crippen LogP contribution in [0.15, 0.2) is 0 Å². The molecule has 0 rings (SSSR count). The van der Waals surface area contributed by atoms with Crippen LogP contribution in [0.25, 0.3) is 0 Å². The summed E-state index contributed by atoms with van der Waals surface area (Å²) in [7, 11) is 0. The van der Waals surface area contributed by atoms with Gasteiger partial charge in [0.2, 0.25) is 0 Å². The van der Waals surface area contributed by atoms with E-state index < -0.39 is 0 Å². The normalized spacial score (nSPS) is 15.3. The Balaban J connectivity index is 3.43. The molecule has 0 radical (unpaired) electrons. The highest BCUT2D eigenvalue weighted by Gasteiger charge is 2.10. The summed E-state index contributed by atoms with van der Waals surface area (Å²) in [4.78, 5) is 10.2. The van der Waals surface area contributed by atoms with E-state index in [1.807, 2.05) is 0 Å². The molecule has 0 amide bonds. The van der Waals surface area contributed by atoms with E-state index in [4.69, 9.17) is 0 Å². The Labute approximate surface area is 82.9 Å². The Morgan fingerprint density at radius 3 is 2.23 bits per heavy atom. The van der Waals surface area contributed by atoms with E-state index in [1.165, 1.54) is 25.7 Å². The molecule has 0 saturated carbocycles. The van der Waals surface area contributed by atoms with Gasteiger partial charge in [0, 0.05) is 6.42 Å². The molecule has 0 spiro atoms. The number of hydrogen-bond acceptors (Lipinski definition) is 1. The summed E-state index contributed by atoms with van der Waals surface area (Å²) < 4.78 is 0. The fraction of sp³-hybridized carbons (Fsp3) is 0.917. The van der Waals surface area contributed by atoms with Crippen molar-refractivity contribution in [2.45, 2.75) is 59.3 Å². The van der Waals surface area contributed by atoms with Crippen molar-refractivity contribution >= 4 is 6.29 Å². The first-order chi connectivity index (χ1) is 6.22. The summed E-state index contributed by atoms with van der Waals surface area (Å²) in [6, 6.07) is 0. The largest absolute Gasteiger partial charge is 0.303 e. The number of carbonyl (C=O) groups is 1. The molecule has 0 aromatic heterocycles. The number of unbranched alkanes of at least 4 members (excludes halogenated alkanes) is 2. The third-order valence-corrected chi connectivity index (χ3v) is 2.97. The Kier molecular flexibility index (Phi) is 8.07. The topological polar surface area (TPSA) is 17.1 Å². The summed E-state index contributed by atoms with van der Waals surface area (Å²) in [5.74, 6) is 1.49. The monoisotopic (exact) mass is 184 g/mol. The summed E-state index contributed by atoms with van der Waals surface area (Å²) >= 11 is 0. The molecule has 0 aromatic carbocycles. The lowest BCUT2D eigenvalue weighted by molar-refractivity contribution is -0.108. The van der Waals surface area contributed by atoms with Gasteiger partial charge in [0.25, 0.3) is 0 Å². The van der Waals surface area contributed by atoms with Crippen LogP contribution in [-0.2, 0) is 4.79 Å². The molecular weight excluding hydrogens is 160 g/mol. The van der Waals surface area contributed by atoms with Crippen molar-refractivity contribution < 1.29 is 4.79 Å². The van der Waals surface area contributed by atoms with Crippen LogP contribution >= 0.6 is 0 Å². The molecule has 0 fully saturated rings. The average Bonchev–Trinajstić information content (AvgIpc) is 2.14. The molecule has 1 nitrogen and oxygen atoms in total.